The van der Waals surface area contributed by atoms with Crippen molar-refractivity contribution in [1.82, 2.24) is 9.88 Å². The van der Waals surface area contributed by atoms with Crippen LogP contribution in [0.25, 0.3) is 0 Å². The van der Waals surface area contributed by atoms with Crippen LogP contribution in [0.2, 0.25) is 0 Å². The van der Waals surface area contributed by atoms with Crippen LogP contribution in [0.15, 0.2) is 65.2 Å². The molecule has 0 saturated carbocycles. The summed E-state index contributed by atoms with van der Waals surface area (Å²) in [5.41, 5.74) is 1.17. The Morgan fingerprint density at radius 2 is 1.87 bits per heavy atom. The number of carbonyl (C=O) groups is 1. The molecule has 0 aliphatic carbocycles. The normalized spacial score (nSPS) is 16.3. The molecule has 0 spiro atoms. The second-order valence-corrected chi connectivity index (χ2v) is 7.39. The lowest BCUT2D eigenvalue weighted by atomic mass is 10.0. The number of aromatic nitrogens is 1. The molecule has 0 N–H and O–H groups in total. The number of ether oxygens (including phenoxy) is 2. The van der Waals surface area contributed by atoms with Crippen LogP contribution in [0.5, 0.6) is 11.5 Å². The third-order valence-electron chi connectivity index (χ3n) is 5.32. The first-order valence-corrected chi connectivity index (χ1v) is 10.3. The lowest BCUT2D eigenvalue weighted by molar-refractivity contribution is -0.137. The highest BCUT2D eigenvalue weighted by atomic mass is 16.5. The van der Waals surface area contributed by atoms with Crippen molar-refractivity contribution in [3.05, 3.63) is 78.0 Å². The van der Waals surface area contributed by atoms with Crippen molar-refractivity contribution in [3.8, 4) is 11.5 Å². The molecule has 6 heteroatoms. The zero-order chi connectivity index (χ0) is 20.8. The average Bonchev–Trinajstić information content (AvgIpc) is 3.27. The lowest BCUT2D eigenvalue weighted by Crippen LogP contribution is -2.41. The quantitative estimate of drug-likeness (QED) is 0.582. The van der Waals surface area contributed by atoms with E-state index in [1.165, 1.54) is 5.56 Å². The van der Waals surface area contributed by atoms with Crippen molar-refractivity contribution >= 4 is 5.91 Å². The number of hydrogen-bond acceptors (Lipinski definition) is 5. The Morgan fingerprint density at radius 1 is 1.10 bits per heavy atom. The van der Waals surface area contributed by atoms with Gasteiger partial charge in [0.15, 0.2) is 6.61 Å². The van der Waals surface area contributed by atoms with Crippen LogP contribution in [0.4, 0.5) is 0 Å². The number of hydrogen-bond donors (Lipinski definition) is 0. The maximum atomic E-state index is 12.9. The number of benzene rings is 2. The Kier molecular flexibility index (Phi) is 6.32. The van der Waals surface area contributed by atoms with E-state index in [9.17, 15) is 4.79 Å². The topological polar surface area (TPSA) is 64.8 Å². The van der Waals surface area contributed by atoms with Gasteiger partial charge in [-0.2, -0.15) is 0 Å². The Hall–Kier alpha value is -3.28. The monoisotopic (exact) mass is 406 g/mol. The Morgan fingerprint density at radius 3 is 2.63 bits per heavy atom. The SMILES string of the molecule is COc1ccc(OCC(=O)N2CCCC[C@@H]2c2ncc(Cc3ccccc3)o2)cc1. The van der Waals surface area contributed by atoms with Gasteiger partial charge in [0.05, 0.1) is 13.3 Å². The Labute approximate surface area is 176 Å². The van der Waals surface area contributed by atoms with Crippen molar-refractivity contribution in [2.24, 2.45) is 0 Å². The summed E-state index contributed by atoms with van der Waals surface area (Å²) in [5.74, 6) is 2.75. The number of nitrogens with zero attached hydrogens (tertiary/aromatic N) is 2. The largest absolute Gasteiger partial charge is 0.497 e. The summed E-state index contributed by atoms with van der Waals surface area (Å²) in [4.78, 5) is 19.2. The molecule has 1 saturated heterocycles. The number of likely N-dealkylation sites (tertiary alicyclic amines) is 1. The van der Waals surface area contributed by atoms with Crippen molar-refractivity contribution in [2.45, 2.75) is 31.7 Å². The highest BCUT2D eigenvalue weighted by Crippen LogP contribution is 2.31. The summed E-state index contributed by atoms with van der Waals surface area (Å²) in [6, 6.07) is 17.2. The zero-order valence-corrected chi connectivity index (χ0v) is 17.1. The standard InChI is InChI=1S/C24H26N2O4/c1-28-19-10-12-20(13-11-19)29-17-23(27)26-14-6-5-9-22(26)24-25-16-21(30-24)15-18-7-3-2-4-8-18/h2-4,7-8,10-13,16,22H,5-6,9,14-15,17H2,1H3/t22-/m1/s1. The van der Waals surface area contributed by atoms with Crippen molar-refractivity contribution < 1.29 is 18.7 Å². The van der Waals surface area contributed by atoms with E-state index in [0.717, 1.165) is 30.8 Å². The van der Waals surface area contributed by atoms with Crippen LogP contribution in [0.1, 0.15) is 42.5 Å². The van der Waals surface area contributed by atoms with Crippen LogP contribution in [0, 0.1) is 0 Å². The van der Waals surface area contributed by atoms with Gasteiger partial charge in [0.25, 0.3) is 5.91 Å². The minimum absolute atomic E-state index is 0.0135. The molecule has 156 valence electrons. The van der Waals surface area contributed by atoms with Gasteiger partial charge in [0, 0.05) is 13.0 Å². The summed E-state index contributed by atoms with van der Waals surface area (Å²) >= 11 is 0. The highest BCUT2D eigenvalue weighted by molar-refractivity contribution is 5.78. The van der Waals surface area contributed by atoms with E-state index in [1.807, 2.05) is 35.2 Å². The first kappa shape index (κ1) is 20.0. The van der Waals surface area contributed by atoms with Gasteiger partial charge in [0.1, 0.15) is 23.3 Å². The molecule has 1 fully saturated rings. The van der Waals surface area contributed by atoms with Crippen molar-refractivity contribution in [3.63, 3.8) is 0 Å². The molecule has 4 rings (SSSR count). The third-order valence-corrected chi connectivity index (χ3v) is 5.32. The van der Waals surface area contributed by atoms with Gasteiger partial charge < -0.3 is 18.8 Å². The van der Waals surface area contributed by atoms with Crippen LogP contribution in [-0.2, 0) is 11.2 Å². The van der Waals surface area contributed by atoms with Gasteiger partial charge in [-0.05, 0) is 49.1 Å². The first-order valence-electron chi connectivity index (χ1n) is 10.3. The number of piperidine rings is 1. The molecule has 6 nitrogen and oxygen atoms in total. The molecule has 1 aliphatic heterocycles. The second-order valence-electron chi connectivity index (χ2n) is 7.39. The Balaban J connectivity index is 1.40. The van der Waals surface area contributed by atoms with Crippen molar-refractivity contribution in [2.75, 3.05) is 20.3 Å². The summed E-state index contributed by atoms with van der Waals surface area (Å²) in [6.45, 7) is 0.673. The van der Waals surface area contributed by atoms with E-state index in [2.05, 4.69) is 17.1 Å². The molecule has 3 aromatic rings. The average molecular weight is 406 g/mol. The van der Waals surface area contributed by atoms with Gasteiger partial charge in [0.2, 0.25) is 5.89 Å². The number of oxazole rings is 1. The summed E-state index contributed by atoms with van der Waals surface area (Å²) in [5, 5.41) is 0. The van der Waals surface area contributed by atoms with Crippen LogP contribution < -0.4 is 9.47 Å². The second kappa shape index (κ2) is 9.48. The molecule has 0 unspecified atom stereocenters. The van der Waals surface area contributed by atoms with Gasteiger partial charge >= 0.3 is 0 Å². The number of methoxy groups -OCH3 is 1. The molecular weight excluding hydrogens is 380 g/mol. The molecule has 2 heterocycles. The number of rotatable bonds is 7. The van der Waals surface area contributed by atoms with E-state index in [1.54, 1.807) is 25.4 Å². The molecule has 1 atom stereocenters. The summed E-state index contributed by atoms with van der Waals surface area (Å²) < 4.78 is 16.9. The van der Waals surface area contributed by atoms with Crippen molar-refractivity contribution in [1.29, 1.82) is 0 Å². The summed E-state index contributed by atoms with van der Waals surface area (Å²) in [6.07, 6.45) is 5.33. The smallest absolute Gasteiger partial charge is 0.261 e. The maximum absolute atomic E-state index is 12.9. The minimum Gasteiger partial charge on any atom is -0.497 e. The van der Waals surface area contributed by atoms with Gasteiger partial charge in [-0.25, -0.2) is 4.98 Å². The van der Waals surface area contributed by atoms with Crippen LogP contribution in [-0.4, -0.2) is 36.1 Å². The molecule has 30 heavy (non-hydrogen) atoms. The van der Waals surface area contributed by atoms with Gasteiger partial charge in [-0.15, -0.1) is 0 Å². The molecule has 0 bridgehead atoms. The molecule has 1 amide bonds. The fourth-order valence-corrected chi connectivity index (χ4v) is 3.74. The fraction of sp³-hybridized carbons (Fsp3) is 0.333. The number of amides is 1. The van der Waals surface area contributed by atoms with Crippen LogP contribution >= 0.6 is 0 Å². The van der Waals surface area contributed by atoms with E-state index in [-0.39, 0.29) is 18.6 Å². The lowest BCUT2D eigenvalue weighted by Gasteiger charge is -2.33. The Bertz CT molecular complexity index is 953. The van der Waals surface area contributed by atoms with Gasteiger partial charge in [-0.3, -0.25) is 4.79 Å². The third kappa shape index (κ3) is 4.82. The molecule has 1 aliphatic rings. The summed E-state index contributed by atoms with van der Waals surface area (Å²) in [7, 11) is 1.61. The van der Waals surface area contributed by atoms with Gasteiger partial charge in [-0.1, -0.05) is 30.3 Å². The maximum Gasteiger partial charge on any atom is 0.261 e. The molecule has 1 aromatic heterocycles. The molecule has 2 aromatic carbocycles. The zero-order valence-electron chi connectivity index (χ0n) is 17.1. The first-order chi connectivity index (χ1) is 14.7. The van der Waals surface area contributed by atoms with E-state index in [4.69, 9.17) is 13.9 Å². The highest BCUT2D eigenvalue weighted by Gasteiger charge is 2.31. The minimum atomic E-state index is -0.143. The van der Waals surface area contributed by atoms with E-state index < -0.39 is 0 Å². The predicted octanol–water partition coefficient (Wildman–Crippen LogP) is 4.41. The molecule has 0 radical (unpaired) electrons. The van der Waals surface area contributed by atoms with E-state index in [0.29, 0.717) is 24.6 Å². The van der Waals surface area contributed by atoms with E-state index >= 15 is 0 Å². The number of carbonyl (C=O) groups excluding carboxylic acids is 1. The molecular formula is C24H26N2O4. The predicted molar refractivity (Wildman–Crippen MR) is 113 cm³/mol. The van der Waals surface area contributed by atoms with Crippen LogP contribution in [0.3, 0.4) is 0 Å². The fourth-order valence-electron chi connectivity index (χ4n) is 3.74.